The average Bonchev–Trinajstić information content (AvgIpc) is 3.03. The third kappa shape index (κ3) is 3.35. The number of aromatic hydroxyl groups is 1. The van der Waals surface area contributed by atoms with Crippen molar-refractivity contribution in [3.63, 3.8) is 0 Å². The van der Waals surface area contributed by atoms with Crippen molar-refractivity contribution in [1.82, 2.24) is 15.1 Å². The summed E-state index contributed by atoms with van der Waals surface area (Å²) in [6, 6.07) is 17.9. The second-order valence-electron chi connectivity index (χ2n) is 5.46. The largest absolute Gasteiger partial charge is 0.508 e. The van der Waals surface area contributed by atoms with Crippen LogP contribution in [0.25, 0.3) is 11.1 Å². The van der Waals surface area contributed by atoms with Gasteiger partial charge in [-0.25, -0.2) is 0 Å². The molecule has 1 heterocycles. The monoisotopic (exact) mass is 293 g/mol. The number of hydrogen-bond donors (Lipinski definition) is 2. The first-order valence-corrected chi connectivity index (χ1v) is 7.26. The number of rotatable bonds is 5. The fourth-order valence-corrected chi connectivity index (χ4v) is 2.53. The van der Waals surface area contributed by atoms with E-state index in [2.05, 4.69) is 27.2 Å². The number of aromatic nitrogens is 2. The fraction of sp³-hybridized carbons (Fsp3) is 0.167. The van der Waals surface area contributed by atoms with Gasteiger partial charge in [0.15, 0.2) is 0 Å². The second-order valence-corrected chi connectivity index (χ2v) is 5.46. The summed E-state index contributed by atoms with van der Waals surface area (Å²) in [5.41, 5.74) is 4.24. The standard InChI is InChI=1S/C18H19N3O/c1-21(13-17-9-10-19-20-17)12-16-11-15(7-8-18(16)22)14-5-3-2-4-6-14/h2-11,22H,12-13H2,1H3,(H,19,20). The van der Waals surface area contributed by atoms with E-state index in [1.54, 1.807) is 12.3 Å². The Morgan fingerprint density at radius 2 is 1.82 bits per heavy atom. The molecule has 3 rings (SSSR count). The number of aromatic amines is 1. The summed E-state index contributed by atoms with van der Waals surface area (Å²) in [5, 5.41) is 17.0. The Balaban J connectivity index is 1.78. The number of nitrogens with zero attached hydrogens (tertiary/aromatic N) is 2. The minimum absolute atomic E-state index is 0.330. The molecule has 4 nitrogen and oxygen atoms in total. The first kappa shape index (κ1) is 14.4. The topological polar surface area (TPSA) is 52.2 Å². The van der Waals surface area contributed by atoms with Crippen LogP contribution in [0, 0.1) is 0 Å². The van der Waals surface area contributed by atoms with Gasteiger partial charge >= 0.3 is 0 Å². The molecule has 112 valence electrons. The summed E-state index contributed by atoms with van der Waals surface area (Å²) in [7, 11) is 2.02. The molecule has 0 radical (unpaired) electrons. The maximum atomic E-state index is 10.1. The molecule has 0 aliphatic heterocycles. The second kappa shape index (κ2) is 6.45. The molecule has 0 spiro atoms. The van der Waals surface area contributed by atoms with Crippen molar-refractivity contribution in [2.24, 2.45) is 0 Å². The van der Waals surface area contributed by atoms with Gasteiger partial charge in [-0.15, -0.1) is 0 Å². The van der Waals surface area contributed by atoms with Gasteiger partial charge in [0, 0.05) is 30.5 Å². The van der Waals surface area contributed by atoms with Gasteiger partial charge in [-0.1, -0.05) is 36.4 Å². The Hall–Kier alpha value is -2.59. The van der Waals surface area contributed by atoms with E-state index in [1.165, 1.54) is 0 Å². The molecule has 0 amide bonds. The van der Waals surface area contributed by atoms with Gasteiger partial charge in [0.2, 0.25) is 0 Å². The van der Waals surface area contributed by atoms with Crippen molar-refractivity contribution in [2.45, 2.75) is 13.1 Å². The summed E-state index contributed by atoms with van der Waals surface area (Å²) in [6.45, 7) is 1.43. The van der Waals surface area contributed by atoms with E-state index in [-0.39, 0.29) is 0 Å². The molecule has 0 unspecified atom stereocenters. The number of nitrogens with one attached hydrogen (secondary N) is 1. The van der Waals surface area contributed by atoms with Crippen LogP contribution in [0.5, 0.6) is 5.75 Å². The van der Waals surface area contributed by atoms with Crippen molar-refractivity contribution in [3.8, 4) is 16.9 Å². The molecule has 0 aliphatic carbocycles. The molecular weight excluding hydrogens is 274 g/mol. The molecule has 0 saturated heterocycles. The zero-order chi connectivity index (χ0) is 15.4. The third-order valence-electron chi connectivity index (χ3n) is 3.63. The van der Waals surface area contributed by atoms with E-state index in [4.69, 9.17) is 0 Å². The third-order valence-corrected chi connectivity index (χ3v) is 3.63. The van der Waals surface area contributed by atoms with Crippen LogP contribution in [-0.4, -0.2) is 27.3 Å². The van der Waals surface area contributed by atoms with Crippen molar-refractivity contribution in [2.75, 3.05) is 7.05 Å². The van der Waals surface area contributed by atoms with Gasteiger partial charge in [-0.3, -0.25) is 10.00 Å². The Morgan fingerprint density at radius 1 is 1.00 bits per heavy atom. The average molecular weight is 293 g/mol. The van der Waals surface area contributed by atoms with E-state index in [9.17, 15) is 5.11 Å². The maximum Gasteiger partial charge on any atom is 0.120 e. The molecule has 2 aromatic carbocycles. The molecule has 1 aromatic heterocycles. The molecule has 2 N–H and O–H groups in total. The van der Waals surface area contributed by atoms with Gasteiger partial charge in [0.25, 0.3) is 0 Å². The highest BCUT2D eigenvalue weighted by Gasteiger charge is 2.08. The number of hydrogen-bond acceptors (Lipinski definition) is 3. The van der Waals surface area contributed by atoms with Gasteiger partial charge in [-0.05, 0) is 36.4 Å². The van der Waals surface area contributed by atoms with E-state index >= 15 is 0 Å². The van der Waals surface area contributed by atoms with Crippen LogP contribution >= 0.6 is 0 Å². The molecule has 0 saturated carbocycles. The van der Waals surface area contributed by atoms with Crippen molar-refractivity contribution in [1.29, 1.82) is 0 Å². The fourth-order valence-electron chi connectivity index (χ4n) is 2.53. The lowest BCUT2D eigenvalue weighted by atomic mass is 10.0. The van der Waals surface area contributed by atoms with Crippen molar-refractivity contribution in [3.05, 3.63) is 72.1 Å². The van der Waals surface area contributed by atoms with Crippen LogP contribution < -0.4 is 0 Å². The van der Waals surface area contributed by atoms with Gasteiger partial charge in [0.1, 0.15) is 5.75 Å². The summed E-state index contributed by atoms with van der Waals surface area (Å²) in [6.07, 6.45) is 1.75. The molecule has 4 heteroatoms. The smallest absolute Gasteiger partial charge is 0.120 e. The summed E-state index contributed by atoms with van der Waals surface area (Å²) < 4.78 is 0. The summed E-state index contributed by atoms with van der Waals surface area (Å²) >= 11 is 0. The first-order valence-electron chi connectivity index (χ1n) is 7.26. The predicted octanol–water partition coefficient (Wildman–Crippen LogP) is 3.41. The normalized spacial score (nSPS) is 11.0. The zero-order valence-corrected chi connectivity index (χ0v) is 12.5. The van der Waals surface area contributed by atoms with Crippen LogP contribution in [0.15, 0.2) is 60.8 Å². The molecular formula is C18H19N3O. The van der Waals surface area contributed by atoms with Crippen molar-refractivity contribution < 1.29 is 5.11 Å². The molecule has 0 atom stereocenters. The Kier molecular flexibility index (Phi) is 4.21. The highest BCUT2D eigenvalue weighted by atomic mass is 16.3. The van der Waals surface area contributed by atoms with Crippen molar-refractivity contribution >= 4 is 0 Å². The molecule has 0 bridgehead atoms. The lowest BCUT2D eigenvalue weighted by Gasteiger charge is -2.17. The van der Waals surface area contributed by atoms with E-state index in [1.807, 2.05) is 43.4 Å². The van der Waals surface area contributed by atoms with E-state index in [0.29, 0.717) is 12.3 Å². The number of phenols is 1. The van der Waals surface area contributed by atoms with Gasteiger partial charge in [0.05, 0.1) is 0 Å². The molecule has 22 heavy (non-hydrogen) atoms. The lowest BCUT2D eigenvalue weighted by molar-refractivity contribution is 0.309. The van der Waals surface area contributed by atoms with Crippen LogP contribution in [0.4, 0.5) is 0 Å². The Labute approximate surface area is 130 Å². The molecule has 3 aromatic rings. The van der Waals surface area contributed by atoms with Crippen LogP contribution in [0.2, 0.25) is 0 Å². The van der Waals surface area contributed by atoms with E-state index < -0.39 is 0 Å². The number of H-pyrrole nitrogens is 1. The minimum atomic E-state index is 0.330. The predicted molar refractivity (Wildman–Crippen MR) is 87.3 cm³/mol. The van der Waals surface area contributed by atoms with Crippen LogP contribution in [0.1, 0.15) is 11.3 Å². The van der Waals surface area contributed by atoms with Gasteiger partial charge in [-0.2, -0.15) is 5.10 Å². The van der Waals surface area contributed by atoms with E-state index in [0.717, 1.165) is 28.9 Å². The Morgan fingerprint density at radius 3 is 2.55 bits per heavy atom. The first-order chi connectivity index (χ1) is 10.7. The van der Waals surface area contributed by atoms with Gasteiger partial charge < -0.3 is 5.11 Å². The molecule has 0 aliphatic rings. The summed E-state index contributed by atoms with van der Waals surface area (Å²) in [4.78, 5) is 2.14. The minimum Gasteiger partial charge on any atom is -0.508 e. The number of benzene rings is 2. The highest BCUT2D eigenvalue weighted by molar-refractivity contribution is 5.65. The maximum absolute atomic E-state index is 10.1. The number of phenolic OH excluding ortho intramolecular Hbond substituents is 1. The summed E-state index contributed by atoms with van der Waals surface area (Å²) in [5.74, 6) is 0.330. The lowest BCUT2D eigenvalue weighted by Crippen LogP contribution is -2.17. The van der Waals surface area contributed by atoms with Crippen LogP contribution in [-0.2, 0) is 13.1 Å². The quantitative estimate of drug-likeness (QED) is 0.758. The Bertz CT molecular complexity index is 723. The molecule has 0 fully saturated rings. The zero-order valence-electron chi connectivity index (χ0n) is 12.5. The van der Waals surface area contributed by atoms with Crippen LogP contribution in [0.3, 0.4) is 0 Å². The highest BCUT2D eigenvalue weighted by Crippen LogP contribution is 2.26. The SMILES string of the molecule is CN(Cc1ccn[nH]1)Cc1cc(-c2ccccc2)ccc1O.